The van der Waals surface area contributed by atoms with Gasteiger partial charge in [-0.25, -0.2) is 0 Å². The van der Waals surface area contributed by atoms with Crippen molar-refractivity contribution in [3.63, 3.8) is 0 Å². The van der Waals surface area contributed by atoms with Crippen molar-refractivity contribution in [2.24, 2.45) is 11.7 Å². The molecule has 2 heteroatoms. The summed E-state index contributed by atoms with van der Waals surface area (Å²) >= 11 is 3.49. The zero-order valence-electron chi connectivity index (χ0n) is 8.63. The van der Waals surface area contributed by atoms with Gasteiger partial charge in [-0.05, 0) is 41.5 Å². The van der Waals surface area contributed by atoms with E-state index in [9.17, 15) is 0 Å². The fourth-order valence-electron chi connectivity index (χ4n) is 2.36. The highest BCUT2D eigenvalue weighted by Gasteiger charge is 2.30. The molecular formula is C12H16BrN. The first-order valence-corrected chi connectivity index (χ1v) is 5.94. The molecule has 0 saturated heterocycles. The van der Waals surface area contributed by atoms with Crippen LogP contribution in [0, 0.1) is 5.92 Å². The Hall–Kier alpha value is -0.340. The average Bonchev–Trinajstić information content (AvgIpc) is 2.44. The third-order valence-electron chi connectivity index (χ3n) is 3.16. The first-order valence-electron chi connectivity index (χ1n) is 5.14. The highest BCUT2D eigenvalue weighted by Crippen LogP contribution is 2.43. The summed E-state index contributed by atoms with van der Waals surface area (Å²) in [5, 5.41) is 0. The van der Waals surface area contributed by atoms with Gasteiger partial charge in [0.05, 0.1) is 0 Å². The standard InChI is InChI=1S/C12H16BrN/c1-7(2)10-6-12(14)11-5-8(13)3-4-9(10)11/h3-5,7,10,12H,6,14H2,1-2H3. The Labute approximate surface area is 93.8 Å². The maximum atomic E-state index is 6.12. The van der Waals surface area contributed by atoms with Crippen molar-refractivity contribution in [1.82, 2.24) is 0 Å². The Morgan fingerprint density at radius 1 is 1.36 bits per heavy atom. The highest BCUT2D eigenvalue weighted by atomic mass is 79.9. The van der Waals surface area contributed by atoms with Crippen LogP contribution in [0.4, 0.5) is 0 Å². The van der Waals surface area contributed by atoms with E-state index in [4.69, 9.17) is 5.73 Å². The minimum atomic E-state index is 0.231. The summed E-state index contributed by atoms with van der Waals surface area (Å²) in [6.07, 6.45) is 1.10. The Morgan fingerprint density at radius 3 is 2.71 bits per heavy atom. The molecule has 1 aromatic rings. The fourth-order valence-corrected chi connectivity index (χ4v) is 2.74. The largest absolute Gasteiger partial charge is 0.324 e. The molecule has 2 N–H and O–H groups in total. The predicted molar refractivity (Wildman–Crippen MR) is 63.3 cm³/mol. The second-order valence-corrected chi connectivity index (χ2v) is 5.38. The number of nitrogens with two attached hydrogens (primary N) is 1. The molecule has 1 aromatic carbocycles. The molecule has 0 heterocycles. The lowest BCUT2D eigenvalue weighted by Gasteiger charge is -2.15. The molecule has 0 aliphatic heterocycles. The molecule has 0 spiro atoms. The van der Waals surface area contributed by atoms with E-state index in [0.717, 1.165) is 10.9 Å². The topological polar surface area (TPSA) is 26.0 Å². The first kappa shape index (κ1) is 10.2. The van der Waals surface area contributed by atoms with Crippen LogP contribution in [0.15, 0.2) is 22.7 Å². The predicted octanol–water partition coefficient (Wildman–Crippen LogP) is 3.59. The maximum absolute atomic E-state index is 6.12. The van der Waals surface area contributed by atoms with Gasteiger partial charge in [-0.3, -0.25) is 0 Å². The molecule has 0 fully saturated rings. The van der Waals surface area contributed by atoms with Crippen molar-refractivity contribution >= 4 is 15.9 Å². The Kier molecular flexibility index (Phi) is 2.67. The van der Waals surface area contributed by atoms with Gasteiger partial charge in [0, 0.05) is 10.5 Å². The van der Waals surface area contributed by atoms with E-state index in [1.807, 2.05) is 0 Å². The van der Waals surface area contributed by atoms with Crippen LogP contribution in [-0.2, 0) is 0 Å². The molecule has 0 radical (unpaired) electrons. The van der Waals surface area contributed by atoms with Gasteiger partial charge in [-0.15, -0.1) is 0 Å². The van der Waals surface area contributed by atoms with Gasteiger partial charge in [-0.2, -0.15) is 0 Å². The lowest BCUT2D eigenvalue weighted by molar-refractivity contribution is 0.470. The summed E-state index contributed by atoms with van der Waals surface area (Å²) in [4.78, 5) is 0. The summed E-state index contributed by atoms with van der Waals surface area (Å²) in [5.74, 6) is 1.33. The van der Waals surface area contributed by atoms with Crippen LogP contribution >= 0.6 is 15.9 Å². The molecule has 1 aliphatic carbocycles. The Bertz CT molecular complexity index is 346. The van der Waals surface area contributed by atoms with E-state index >= 15 is 0 Å². The molecule has 0 saturated carbocycles. The molecule has 1 aliphatic rings. The second-order valence-electron chi connectivity index (χ2n) is 4.47. The molecule has 2 atom stereocenters. The van der Waals surface area contributed by atoms with Crippen LogP contribution in [0.5, 0.6) is 0 Å². The lowest BCUT2D eigenvalue weighted by atomic mass is 9.90. The van der Waals surface area contributed by atoms with E-state index in [2.05, 4.69) is 48.0 Å². The van der Waals surface area contributed by atoms with E-state index in [-0.39, 0.29) is 6.04 Å². The number of rotatable bonds is 1. The molecule has 2 rings (SSSR count). The summed E-state index contributed by atoms with van der Waals surface area (Å²) in [5.41, 5.74) is 8.91. The van der Waals surface area contributed by atoms with Crippen LogP contribution in [0.2, 0.25) is 0 Å². The van der Waals surface area contributed by atoms with Gasteiger partial charge >= 0.3 is 0 Å². The van der Waals surface area contributed by atoms with Crippen molar-refractivity contribution < 1.29 is 0 Å². The number of hydrogen-bond donors (Lipinski definition) is 1. The minimum Gasteiger partial charge on any atom is -0.324 e. The number of fused-ring (bicyclic) bond motifs is 1. The zero-order chi connectivity index (χ0) is 10.3. The van der Waals surface area contributed by atoms with Gasteiger partial charge in [0.15, 0.2) is 0 Å². The second kappa shape index (κ2) is 3.67. The monoisotopic (exact) mass is 253 g/mol. The highest BCUT2D eigenvalue weighted by molar-refractivity contribution is 9.10. The van der Waals surface area contributed by atoms with Crippen LogP contribution in [0.25, 0.3) is 0 Å². The van der Waals surface area contributed by atoms with Crippen LogP contribution < -0.4 is 5.73 Å². The third kappa shape index (κ3) is 1.61. The lowest BCUT2D eigenvalue weighted by Crippen LogP contribution is -2.07. The van der Waals surface area contributed by atoms with E-state index in [1.165, 1.54) is 11.1 Å². The van der Waals surface area contributed by atoms with Gasteiger partial charge < -0.3 is 5.73 Å². The molecule has 14 heavy (non-hydrogen) atoms. The normalized spacial score (nSPS) is 25.5. The SMILES string of the molecule is CC(C)C1CC(N)c2cc(Br)ccc21. The van der Waals surface area contributed by atoms with Gasteiger partial charge in [-0.1, -0.05) is 35.8 Å². The molecule has 0 aromatic heterocycles. The van der Waals surface area contributed by atoms with E-state index in [1.54, 1.807) is 0 Å². The van der Waals surface area contributed by atoms with Crippen molar-refractivity contribution in [3.05, 3.63) is 33.8 Å². The summed E-state index contributed by atoms with van der Waals surface area (Å²) in [7, 11) is 0. The fraction of sp³-hybridized carbons (Fsp3) is 0.500. The Balaban J connectivity index is 2.44. The molecule has 1 nitrogen and oxygen atoms in total. The quantitative estimate of drug-likeness (QED) is 0.814. The van der Waals surface area contributed by atoms with Crippen LogP contribution in [-0.4, -0.2) is 0 Å². The van der Waals surface area contributed by atoms with Crippen molar-refractivity contribution in [2.45, 2.75) is 32.2 Å². The molecular weight excluding hydrogens is 238 g/mol. The molecule has 0 bridgehead atoms. The third-order valence-corrected chi connectivity index (χ3v) is 3.65. The van der Waals surface area contributed by atoms with Crippen molar-refractivity contribution in [2.75, 3.05) is 0 Å². The summed E-state index contributed by atoms with van der Waals surface area (Å²) in [6, 6.07) is 6.74. The Morgan fingerprint density at radius 2 is 2.07 bits per heavy atom. The maximum Gasteiger partial charge on any atom is 0.0304 e. The first-order chi connectivity index (χ1) is 6.59. The van der Waals surface area contributed by atoms with E-state index in [0.29, 0.717) is 11.8 Å². The molecule has 76 valence electrons. The number of halogens is 1. The summed E-state index contributed by atoms with van der Waals surface area (Å²) in [6.45, 7) is 4.54. The molecule has 0 amide bonds. The number of benzene rings is 1. The smallest absolute Gasteiger partial charge is 0.0304 e. The van der Waals surface area contributed by atoms with Crippen LogP contribution in [0.1, 0.15) is 43.4 Å². The molecule has 2 unspecified atom stereocenters. The number of hydrogen-bond acceptors (Lipinski definition) is 1. The van der Waals surface area contributed by atoms with Gasteiger partial charge in [0.25, 0.3) is 0 Å². The minimum absolute atomic E-state index is 0.231. The van der Waals surface area contributed by atoms with Crippen LogP contribution in [0.3, 0.4) is 0 Å². The van der Waals surface area contributed by atoms with Crippen molar-refractivity contribution in [1.29, 1.82) is 0 Å². The average molecular weight is 254 g/mol. The van der Waals surface area contributed by atoms with Crippen molar-refractivity contribution in [3.8, 4) is 0 Å². The van der Waals surface area contributed by atoms with Gasteiger partial charge in [0.1, 0.15) is 0 Å². The van der Waals surface area contributed by atoms with E-state index < -0.39 is 0 Å². The van der Waals surface area contributed by atoms with Gasteiger partial charge in [0.2, 0.25) is 0 Å². The summed E-state index contributed by atoms with van der Waals surface area (Å²) < 4.78 is 1.14. The zero-order valence-corrected chi connectivity index (χ0v) is 10.2.